The van der Waals surface area contributed by atoms with E-state index in [2.05, 4.69) is 15.4 Å². The number of halogens is 1. The molecule has 0 aliphatic heterocycles. The maximum absolute atomic E-state index is 13.4. The molecular weight excluding hydrogens is 259 g/mol. The second kappa shape index (κ2) is 6.56. The standard InChI is InChI=1S/C15H15FN2O2/c1-20-15(19)18-13-8-6-12(7-9-13)17-10-11-4-2-3-5-14(11)16/h2-9,17H,10H2,1H3,(H,18,19). The number of hydrogen-bond acceptors (Lipinski definition) is 3. The van der Waals surface area contributed by atoms with Crippen LogP contribution in [0.4, 0.5) is 20.6 Å². The Morgan fingerprint density at radius 2 is 1.75 bits per heavy atom. The van der Waals surface area contributed by atoms with E-state index in [1.165, 1.54) is 13.2 Å². The Balaban J connectivity index is 1.94. The number of benzene rings is 2. The molecule has 2 rings (SSSR count). The second-order valence-corrected chi connectivity index (χ2v) is 4.14. The SMILES string of the molecule is COC(=O)Nc1ccc(NCc2ccccc2F)cc1. The first-order valence-electron chi connectivity index (χ1n) is 6.11. The molecule has 2 aromatic rings. The van der Waals surface area contributed by atoms with Crippen LogP contribution in [0.15, 0.2) is 48.5 Å². The van der Waals surface area contributed by atoms with Crippen molar-refractivity contribution in [2.45, 2.75) is 6.54 Å². The lowest BCUT2D eigenvalue weighted by atomic mass is 10.2. The van der Waals surface area contributed by atoms with Crippen LogP contribution in [0.3, 0.4) is 0 Å². The summed E-state index contributed by atoms with van der Waals surface area (Å²) in [5, 5.41) is 5.67. The molecule has 0 atom stereocenters. The van der Waals surface area contributed by atoms with Crippen LogP contribution in [0.2, 0.25) is 0 Å². The molecule has 0 spiro atoms. The lowest BCUT2D eigenvalue weighted by Crippen LogP contribution is -2.10. The van der Waals surface area contributed by atoms with Gasteiger partial charge >= 0.3 is 6.09 Å². The first kappa shape index (κ1) is 13.9. The third kappa shape index (κ3) is 3.71. The van der Waals surface area contributed by atoms with Crippen LogP contribution in [0.5, 0.6) is 0 Å². The van der Waals surface area contributed by atoms with Gasteiger partial charge in [-0.15, -0.1) is 0 Å². The Morgan fingerprint density at radius 3 is 2.40 bits per heavy atom. The molecule has 0 aliphatic carbocycles. The average Bonchev–Trinajstić information content (AvgIpc) is 2.48. The van der Waals surface area contributed by atoms with Crippen LogP contribution in [-0.2, 0) is 11.3 Å². The van der Waals surface area contributed by atoms with Crippen LogP contribution >= 0.6 is 0 Å². The zero-order valence-corrected chi connectivity index (χ0v) is 11.0. The lowest BCUT2D eigenvalue weighted by Gasteiger charge is -2.09. The quantitative estimate of drug-likeness (QED) is 0.895. The minimum Gasteiger partial charge on any atom is -0.453 e. The van der Waals surface area contributed by atoms with Gasteiger partial charge in [0.2, 0.25) is 0 Å². The molecule has 0 fully saturated rings. The van der Waals surface area contributed by atoms with E-state index < -0.39 is 6.09 Å². The fourth-order valence-electron chi connectivity index (χ4n) is 1.68. The smallest absolute Gasteiger partial charge is 0.411 e. The van der Waals surface area contributed by atoms with E-state index in [0.29, 0.717) is 17.8 Å². The molecule has 0 saturated heterocycles. The van der Waals surface area contributed by atoms with Gasteiger partial charge in [-0.1, -0.05) is 18.2 Å². The van der Waals surface area contributed by atoms with Crippen molar-refractivity contribution in [2.24, 2.45) is 0 Å². The van der Waals surface area contributed by atoms with Crippen molar-refractivity contribution in [3.63, 3.8) is 0 Å². The number of amides is 1. The molecule has 0 heterocycles. The zero-order chi connectivity index (χ0) is 14.4. The van der Waals surface area contributed by atoms with Gasteiger partial charge in [0.05, 0.1) is 7.11 Å². The van der Waals surface area contributed by atoms with E-state index in [1.54, 1.807) is 42.5 Å². The molecule has 0 bridgehead atoms. The Hall–Kier alpha value is -2.56. The summed E-state index contributed by atoms with van der Waals surface area (Å²) in [6.45, 7) is 0.399. The number of ether oxygens (including phenoxy) is 1. The molecule has 1 amide bonds. The van der Waals surface area contributed by atoms with Crippen molar-refractivity contribution in [1.29, 1.82) is 0 Å². The highest BCUT2D eigenvalue weighted by Crippen LogP contribution is 2.15. The third-order valence-corrected chi connectivity index (χ3v) is 2.76. The Kier molecular flexibility index (Phi) is 4.55. The largest absolute Gasteiger partial charge is 0.453 e. The van der Waals surface area contributed by atoms with Gasteiger partial charge in [-0.25, -0.2) is 9.18 Å². The van der Waals surface area contributed by atoms with Crippen molar-refractivity contribution in [1.82, 2.24) is 0 Å². The van der Waals surface area contributed by atoms with Gasteiger partial charge in [0.25, 0.3) is 0 Å². The predicted octanol–water partition coefficient (Wildman–Crippen LogP) is 3.62. The number of hydrogen-bond donors (Lipinski definition) is 2. The highest BCUT2D eigenvalue weighted by Gasteiger charge is 2.02. The normalized spacial score (nSPS) is 9.90. The Morgan fingerprint density at radius 1 is 1.10 bits per heavy atom. The van der Waals surface area contributed by atoms with Crippen LogP contribution in [0, 0.1) is 5.82 Å². The molecule has 4 nitrogen and oxygen atoms in total. The molecule has 104 valence electrons. The van der Waals surface area contributed by atoms with Crippen LogP contribution in [0.1, 0.15) is 5.56 Å². The molecule has 2 aromatic carbocycles. The summed E-state index contributed by atoms with van der Waals surface area (Å²) < 4.78 is 17.9. The number of rotatable bonds is 4. The number of anilines is 2. The fraction of sp³-hybridized carbons (Fsp3) is 0.133. The summed E-state index contributed by atoms with van der Waals surface area (Å²) in [5.74, 6) is -0.232. The van der Waals surface area contributed by atoms with Crippen molar-refractivity contribution in [3.8, 4) is 0 Å². The first-order chi connectivity index (χ1) is 9.69. The molecule has 0 unspecified atom stereocenters. The molecule has 20 heavy (non-hydrogen) atoms. The zero-order valence-electron chi connectivity index (χ0n) is 11.0. The molecular formula is C15H15FN2O2. The minimum absolute atomic E-state index is 0.232. The van der Waals surface area contributed by atoms with Gasteiger partial charge in [-0.3, -0.25) is 5.32 Å². The summed E-state index contributed by atoms with van der Waals surface area (Å²) >= 11 is 0. The number of carbonyl (C=O) groups is 1. The van der Waals surface area contributed by atoms with Crippen LogP contribution < -0.4 is 10.6 Å². The van der Waals surface area contributed by atoms with E-state index in [4.69, 9.17) is 0 Å². The Bertz CT molecular complexity index is 585. The summed E-state index contributed by atoms with van der Waals surface area (Å²) in [4.78, 5) is 11.0. The summed E-state index contributed by atoms with van der Waals surface area (Å²) in [7, 11) is 1.31. The van der Waals surface area contributed by atoms with Gasteiger partial charge in [0.1, 0.15) is 5.82 Å². The van der Waals surface area contributed by atoms with Crippen molar-refractivity contribution >= 4 is 17.5 Å². The van der Waals surface area contributed by atoms with Gasteiger partial charge in [-0.2, -0.15) is 0 Å². The maximum atomic E-state index is 13.4. The topological polar surface area (TPSA) is 50.4 Å². The second-order valence-electron chi connectivity index (χ2n) is 4.14. The average molecular weight is 274 g/mol. The highest BCUT2D eigenvalue weighted by molar-refractivity contribution is 5.84. The van der Waals surface area contributed by atoms with Crippen molar-refractivity contribution in [2.75, 3.05) is 17.7 Å². The van der Waals surface area contributed by atoms with E-state index in [1.807, 2.05) is 0 Å². The van der Waals surface area contributed by atoms with E-state index in [-0.39, 0.29) is 5.82 Å². The van der Waals surface area contributed by atoms with Crippen LogP contribution in [0.25, 0.3) is 0 Å². The summed E-state index contributed by atoms with van der Waals surface area (Å²) in [5.41, 5.74) is 2.07. The summed E-state index contributed by atoms with van der Waals surface area (Å²) in [6.07, 6.45) is -0.517. The van der Waals surface area contributed by atoms with Gasteiger partial charge in [0.15, 0.2) is 0 Å². The minimum atomic E-state index is -0.517. The molecule has 0 radical (unpaired) electrons. The fourth-order valence-corrected chi connectivity index (χ4v) is 1.68. The van der Waals surface area contributed by atoms with Crippen molar-refractivity contribution < 1.29 is 13.9 Å². The molecule has 0 saturated carbocycles. The number of nitrogens with one attached hydrogen (secondary N) is 2. The predicted molar refractivity (Wildman–Crippen MR) is 76.2 cm³/mol. The molecule has 0 aromatic heterocycles. The highest BCUT2D eigenvalue weighted by atomic mass is 19.1. The molecule has 0 aliphatic rings. The number of carbonyl (C=O) groups excluding carboxylic acids is 1. The monoisotopic (exact) mass is 274 g/mol. The van der Waals surface area contributed by atoms with Crippen molar-refractivity contribution in [3.05, 3.63) is 59.9 Å². The maximum Gasteiger partial charge on any atom is 0.411 e. The van der Waals surface area contributed by atoms with E-state index in [9.17, 15) is 9.18 Å². The molecule has 5 heteroatoms. The van der Waals surface area contributed by atoms with E-state index >= 15 is 0 Å². The lowest BCUT2D eigenvalue weighted by molar-refractivity contribution is 0.187. The summed E-state index contributed by atoms with van der Waals surface area (Å²) in [6, 6.07) is 13.7. The third-order valence-electron chi connectivity index (χ3n) is 2.76. The molecule has 2 N–H and O–H groups in total. The number of methoxy groups -OCH3 is 1. The van der Waals surface area contributed by atoms with Gasteiger partial charge in [0, 0.05) is 23.5 Å². The van der Waals surface area contributed by atoms with E-state index in [0.717, 1.165) is 5.69 Å². The van der Waals surface area contributed by atoms with Crippen LogP contribution in [-0.4, -0.2) is 13.2 Å². The van der Waals surface area contributed by atoms with Gasteiger partial charge < -0.3 is 10.1 Å². The Labute approximate surface area is 116 Å². The first-order valence-corrected chi connectivity index (χ1v) is 6.11. The van der Waals surface area contributed by atoms with Gasteiger partial charge in [-0.05, 0) is 30.3 Å².